The fourth-order valence-electron chi connectivity index (χ4n) is 1.84. The summed E-state index contributed by atoms with van der Waals surface area (Å²) in [6, 6.07) is 6.90. The fraction of sp³-hybridized carbons (Fsp3) is 0.143. The number of pyridine rings is 1. The number of carboxylic acid groups (broad SMARTS) is 1. The number of nitrogens with zero attached hydrogens (tertiary/aromatic N) is 1. The Morgan fingerprint density at radius 3 is 2.37 bits per heavy atom. The molecule has 0 saturated carbocycles. The van der Waals surface area contributed by atoms with Gasteiger partial charge in [0, 0.05) is 25.0 Å². The molecule has 0 bridgehead atoms. The molecule has 0 aliphatic rings. The Hall–Kier alpha value is -2.56. The van der Waals surface area contributed by atoms with Crippen LogP contribution in [0.3, 0.4) is 0 Å². The molecule has 0 spiro atoms. The second-order valence-corrected chi connectivity index (χ2v) is 4.11. The number of aromatic carboxylic acids is 1. The van der Waals surface area contributed by atoms with Crippen LogP contribution in [0, 0.1) is 0 Å². The van der Waals surface area contributed by atoms with Gasteiger partial charge in [-0.15, -0.1) is 0 Å². The van der Waals surface area contributed by atoms with Crippen molar-refractivity contribution in [2.45, 2.75) is 0 Å². The van der Waals surface area contributed by atoms with Crippen molar-refractivity contribution in [1.82, 2.24) is 4.57 Å². The first-order valence-corrected chi connectivity index (χ1v) is 5.61. The lowest BCUT2D eigenvalue weighted by Crippen LogP contribution is -2.18. The largest absolute Gasteiger partial charge is 0.497 e. The first-order valence-electron chi connectivity index (χ1n) is 5.61. The molecule has 2 aromatic rings. The number of hydrogen-bond donors (Lipinski definition) is 1. The molecule has 5 nitrogen and oxygen atoms in total. The molecule has 2 rings (SSSR count). The Morgan fingerprint density at radius 2 is 1.84 bits per heavy atom. The Kier molecular flexibility index (Phi) is 3.37. The van der Waals surface area contributed by atoms with Crippen LogP contribution in [0.1, 0.15) is 10.4 Å². The first-order chi connectivity index (χ1) is 9.02. The van der Waals surface area contributed by atoms with E-state index in [1.54, 1.807) is 49.2 Å². The minimum atomic E-state index is -1.23. The van der Waals surface area contributed by atoms with Gasteiger partial charge in [0.1, 0.15) is 11.3 Å². The Bertz CT molecular complexity index is 671. The quantitative estimate of drug-likeness (QED) is 0.911. The van der Waals surface area contributed by atoms with Crippen molar-refractivity contribution >= 4 is 5.97 Å². The van der Waals surface area contributed by atoms with Gasteiger partial charge in [0.05, 0.1) is 7.11 Å². The van der Waals surface area contributed by atoms with Crippen LogP contribution in [0.5, 0.6) is 5.75 Å². The maximum atomic E-state index is 12.1. The molecule has 1 aromatic carbocycles. The summed E-state index contributed by atoms with van der Waals surface area (Å²) in [6.45, 7) is 0. The van der Waals surface area contributed by atoms with Gasteiger partial charge in [-0.05, 0) is 17.7 Å². The highest BCUT2D eigenvalue weighted by Crippen LogP contribution is 2.19. The van der Waals surface area contributed by atoms with Gasteiger partial charge in [-0.1, -0.05) is 12.1 Å². The van der Waals surface area contributed by atoms with Crippen LogP contribution in [0.4, 0.5) is 0 Å². The molecule has 5 heteroatoms. The van der Waals surface area contributed by atoms with E-state index in [0.717, 1.165) is 0 Å². The van der Waals surface area contributed by atoms with Crippen LogP contribution in [-0.4, -0.2) is 22.8 Å². The smallest absolute Gasteiger partial charge is 0.341 e. The fourth-order valence-corrected chi connectivity index (χ4v) is 1.84. The minimum absolute atomic E-state index is 0.240. The molecule has 98 valence electrons. The number of hydrogen-bond acceptors (Lipinski definition) is 3. The maximum Gasteiger partial charge on any atom is 0.341 e. The van der Waals surface area contributed by atoms with Crippen molar-refractivity contribution in [3.63, 3.8) is 0 Å². The highest BCUT2D eigenvalue weighted by molar-refractivity contribution is 5.88. The topological polar surface area (TPSA) is 68.5 Å². The average molecular weight is 259 g/mol. The van der Waals surface area contributed by atoms with E-state index in [9.17, 15) is 9.59 Å². The average Bonchev–Trinajstić information content (AvgIpc) is 2.41. The van der Waals surface area contributed by atoms with E-state index < -0.39 is 11.4 Å². The summed E-state index contributed by atoms with van der Waals surface area (Å²) in [7, 11) is 3.23. The summed E-state index contributed by atoms with van der Waals surface area (Å²) < 4.78 is 6.60. The predicted octanol–water partition coefficient (Wildman–Crippen LogP) is 1.76. The summed E-state index contributed by atoms with van der Waals surface area (Å²) in [5, 5.41) is 9.01. The molecule has 0 amide bonds. The summed E-state index contributed by atoms with van der Waals surface area (Å²) in [4.78, 5) is 23.1. The lowest BCUT2D eigenvalue weighted by Gasteiger charge is -2.07. The Morgan fingerprint density at radius 1 is 1.21 bits per heavy atom. The van der Waals surface area contributed by atoms with Gasteiger partial charge in [0.15, 0.2) is 0 Å². The second kappa shape index (κ2) is 4.97. The monoisotopic (exact) mass is 259 g/mol. The van der Waals surface area contributed by atoms with Gasteiger partial charge < -0.3 is 14.4 Å². The standard InChI is InChI=1S/C14H13NO4/c1-15-7-11(13(16)12(8-15)14(17)18)9-3-5-10(19-2)6-4-9/h3-8H,1-2H3,(H,17,18). The summed E-state index contributed by atoms with van der Waals surface area (Å²) in [6.07, 6.45) is 2.91. The lowest BCUT2D eigenvalue weighted by molar-refractivity contribution is 0.0694. The van der Waals surface area contributed by atoms with Crippen molar-refractivity contribution in [3.8, 4) is 16.9 Å². The van der Waals surface area contributed by atoms with Crippen LogP contribution >= 0.6 is 0 Å². The van der Waals surface area contributed by atoms with Crippen molar-refractivity contribution in [3.05, 3.63) is 52.4 Å². The number of benzene rings is 1. The van der Waals surface area contributed by atoms with E-state index >= 15 is 0 Å². The molecule has 0 fully saturated rings. The zero-order valence-electron chi connectivity index (χ0n) is 10.6. The van der Waals surface area contributed by atoms with Gasteiger partial charge in [-0.2, -0.15) is 0 Å². The lowest BCUT2D eigenvalue weighted by atomic mass is 10.0. The van der Waals surface area contributed by atoms with Crippen molar-refractivity contribution in [2.24, 2.45) is 7.05 Å². The van der Waals surface area contributed by atoms with Crippen molar-refractivity contribution < 1.29 is 14.6 Å². The number of carbonyl (C=O) groups is 1. The molecule has 0 atom stereocenters. The zero-order valence-corrected chi connectivity index (χ0v) is 10.6. The maximum absolute atomic E-state index is 12.1. The molecule has 1 aromatic heterocycles. The number of rotatable bonds is 3. The summed E-state index contributed by atoms with van der Waals surface area (Å²) >= 11 is 0. The second-order valence-electron chi connectivity index (χ2n) is 4.11. The Labute approximate surface area is 109 Å². The Balaban J connectivity index is 2.61. The van der Waals surface area contributed by atoms with Gasteiger partial charge >= 0.3 is 5.97 Å². The number of ether oxygens (including phenoxy) is 1. The molecule has 0 aliphatic carbocycles. The molecule has 0 radical (unpaired) electrons. The summed E-state index contributed by atoms with van der Waals surface area (Å²) in [5.41, 5.74) is 0.279. The van der Waals surface area contributed by atoms with Gasteiger partial charge in [-0.25, -0.2) is 4.79 Å². The minimum Gasteiger partial charge on any atom is -0.497 e. The SMILES string of the molecule is COc1ccc(-c2cn(C)cc(C(=O)O)c2=O)cc1. The van der Waals surface area contributed by atoms with E-state index in [1.165, 1.54) is 6.20 Å². The van der Waals surface area contributed by atoms with E-state index in [-0.39, 0.29) is 5.56 Å². The third-order valence-electron chi connectivity index (χ3n) is 2.79. The third-order valence-corrected chi connectivity index (χ3v) is 2.79. The van der Waals surface area contributed by atoms with E-state index in [2.05, 4.69) is 0 Å². The third kappa shape index (κ3) is 2.49. The zero-order chi connectivity index (χ0) is 14.0. The molecule has 19 heavy (non-hydrogen) atoms. The number of methoxy groups -OCH3 is 1. The van der Waals surface area contributed by atoms with Gasteiger partial charge in [-0.3, -0.25) is 4.79 Å². The summed E-state index contributed by atoms with van der Waals surface area (Å²) in [5.74, 6) is -0.550. The highest BCUT2D eigenvalue weighted by Gasteiger charge is 2.14. The predicted molar refractivity (Wildman–Crippen MR) is 70.6 cm³/mol. The van der Waals surface area contributed by atoms with Crippen LogP contribution in [0.15, 0.2) is 41.5 Å². The van der Waals surface area contributed by atoms with Crippen LogP contribution in [0.25, 0.3) is 11.1 Å². The van der Waals surface area contributed by atoms with Crippen LogP contribution in [-0.2, 0) is 7.05 Å². The molecular weight excluding hydrogens is 246 g/mol. The molecule has 0 aliphatic heterocycles. The molecule has 1 N–H and O–H groups in total. The molecule has 1 heterocycles. The number of aryl methyl sites for hydroxylation is 1. The number of aromatic nitrogens is 1. The highest BCUT2D eigenvalue weighted by atomic mass is 16.5. The molecular formula is C14H13NO4. The van der Waals surface area contributed by atoms with Crippen molar-refractivity contribution in [1.29, 1.82) is 0 Å². The van der Waals surface area contributed by atoms with Crippen LogP contribution in [0.2, 0.25) is 0 Å². The van der Waals surface area contributed by atoms with E-state index in [4.69, 9.17) is 9.84 Å². The molecule has 0 saturated heterocycles. The first kappa shape index (κ1) is 12.9. The van der Waals surface area contributed by atoms with E-state index in [0.29, 0.717) is 16.9 Å². The van der Waals surface area contributed by atoms with Gasteiger partial charge in [0.2, 0.25) is 5.43 Å². The molecule has 0 unspecified atom stereocenters. The van der Waals surface area contributed by atoms with Crippen molar-refractivity contribution in [2.75, 3.05) is 7.11 Å². The normalized spacial score (nSPS) is 10.2. The van der Waals surface area contributed by atoms with E-state index in [1.807, 2.05) is 0 Å². The van der Waals surface area contributed by atoms with Gasteiger partial charge in [0.25, 0.3) is 0 Å². The number of carboxylic acids is 1. The van der Waals surface area contributed by atoms with Crippen LogP contribution < -0.4 is 10.2 Å².